The van der Waals surface area contributed by atoms with Gasteiger partial charge in [-0.2, -0.15) is 0 Å². The molecule has 0 radical (unpaired) electrons. The lowest BCUT2D eigenvalue weighted by Crippen LogP contribution is -2.45. The molecular formula is C13H16N2O3. The highest BCUT2D eigenvalue weighted by Crippen LogP contribution is 2.17. The van der Waals surface area contributed by atoms with Gasteiger partial charge in [-0.05, 0) is 31.5 Å². The van der Waals surface area contributed by atoms with Crippen LogP contribution in [0.25, 0.3) is 0 Å². The van der Waals surface area contributed by atoms with Crippen LogP contribution in [-0.4, -0.2) is 31.5 Å². The van der Waals surface area contributed by atoms with E-state index in [9.17, 15) is 9.59 Å². The van der Waals surface area contributed by atoms with Crippen LogP contribution in [0.2, 0.25) is 0 Å². The molecular weight excluding hydrogens is 232 g/mol. The zero-order chi connectivity index (χ0) is 12.8. The van der Waals surface area contributed by atoms with Crippen molar-refractivity contribution in [3.8, 4) is 5.75 Å². The summed E-state index contributed by atoms with van der Waals surface area (Å²) in [5.41, 5.74) is 0.384. The Bertz CT molecular complexity index is 428. The number of hydrogen-bond acceptors (Lipinski definition) is 4. The zero-order valence-electron chi connectivity index (χ0n) is 10.0. The highest BCUT2D eigenvalue weighted by Gasteiger charge is 2.18. The molecule has 1 fully saturated rings. The lowest BCUT2D eigenvalue weighted by Gasteiger charge is -2.24. The molecule has 1 aromatic carbocycles. The minimum Gasteiger partial charge on any atom is -0.428 e. The topological polar surface area (TPSA) is 67.4 Å². The molecule has 5 nitrogen and oxygen atoms in total. The third-order valence-electron chi connectivity index (χ3n) is 2.94. The minimum absolute atomic E-state index is 0.135. The average molecular weight is 248 g/mol. The van der Waals surface area contributed by atoms with Crippen LogP contribution in [0.1, 0.15) is 23.2 Å². The van der Waals surface area contributed by atoms with Crippen LogP contribution in [0.4, 0.5) is 0 Å². The van der Waals surface area contributed by atoms with Crippen LogP contribution in [0, 0.1) is 0 Å². The van der Waals surface area contributed by atoms with Gasteiger partial charge in [0, 0.05) is 12.6 Å². The predicted octanol–water partition coefficient (Wildman–Crippen LogP) is 0.704. The molecule has 1 aromatic rings. The van der Waals surface area contributed by atoms with Crippen molar-refractivity contribution in [1.29, 1.82) is 0 Å². The van der Waals surface area contributed by atoms with Crippen LogP contribution >= 0.6 is 0 Å². The van der Waals surface area contributed by atoms with E-state index in [0.717, 1.165) is 25.9 Å². The second kappa shape index (κ2) is 6.16. The number of hydrogen-bond donors (Lipinski definition) is 2. The Labute approximate surface area is 106 Å². The molecule has 0 aromatic heterocycles. The summed E-state index contributed by atoms with van der Waals surface area (Å²) in [5, 5.41) is 6.17. The second-order valence-electron chi connectivity index (χ2n) is 4.23. The summed E-state index contributed by atoms with van der Waals surface area (Å²) < 4.78 is 4.79. The largest absolute Gasteiger partial charge is 0.428 e. The molecule has 2 N–H and O–H groups in total. The highest BCUT2D eigenvalue weighted by molar-refractivity contribution is 5.97. The summed E-state index contributed by atoms with van der Waals surface area (Å²) in [4.78, 5) is 22.4. The maximum absolute atomic E-state index is 12.1. The first-order valence-corrected chi connectivity index (χ1v) is 6.02. The van der Waals surface area contributed by atoms with Crippen molar-refractivity contribution in [3.63, 3.8) is 0 Å². The van der Waals surface area contributed by atoms with Crippen molar-refractivity contribution in [1.82, 2.24) is 10.6 Å². The number of carbonyl (C=O) groups excluding carboxylic acids is 2. The fourth-order valence-electron chi connectivity index (χ4n) is 2.05. The third-order valence-corrected chi connectivity index (χ3v) is 2.94. The van der Waals surface area contributed by atoms with Gasteiger partial charge >= 0.3 is 0 Å². The van der Waals surface area contributed by atoms with E-state index in [0.29, 0.717) is 12.0 Å². The molecule has 1 unspecified atom stereocenters. The fraction of sp³-hybridized carbons (Fsp3) is 0.385. The first-order chi connectivity index (χ1) is 8.81. The van der Waals surface area contributed by atoms with Crippen molar-refractivity contribution in [2.45, 2.75) is 18.9 Å². The summed E-state index contributed by atoms with van der Waals surface area (Å²) in [6.07, 6.45) is 2.02. The van der Waals surface area contributed by atoms with Gasteiger partial charge in [-0.3, -0.25) is 9.59 Å². The van der Waals surface area contributed by atoms with Crippen molar-refractivity contribution in [2.24, 2.45) is 0 Å². The summed E-state index contributed by atoms with van der Waals surface area (Å²) in [6, 6.07) is 6.84. The van der Waals surface area contributed by atoms with Gasteiger partial charge in [-0.15, -0.1) is 0 Å². The standard InChI is InChI=1S/C13H16N2O3/c16-9-18-12-6-2-1-5-11(12)13(17)15-10-4-3-7-14-8-10/h1-2,5-6,9-10,14H,3-4,7-8H2,(H,15,17). The molecule has 1 aliphatic rings. The molecule has 1 saturated heterocycles. The number of benzene rings is 1. The normalized spacial score (nSPS) is 19.0. The van der Waals surface area contributed by atoms with E-state index in [4.69, 9.17) is 4.74 Å². The highest BCUT2D eigenvalue weighted by atomic mass is 16.5. The maximum Gasteiger partial charge on any atom is 0.298 e. The summed E-state index contributed by atoms with van der Waals surface area (Å²) in [6.45, 7) is 2.11. The Morgan fingerprint density at radius 1 is 1.44 bits per heavy atom. The zero-order valence-corrected chi connectivity index (χ0v) is 10.0. The van der Waals surface area contributed by atoms with Crippen molar-refractivity contribution in [2.75, 3.05) is 13.1 Å². The Kier molecular flexibility index (Phi) is 4.30. The molecule has 18 heavy (non-hydrogen) atoms. The SMILES string of the molecule is O=COc1ccccc1C(=O)NC1CCCNC1. The van der Waals surface area contributed by atoms with Gasteiger partial charge in [0.05, 0.1) is 5.56 Å². The van der Waals surface area contributed by atoms with Crippen LogP contribution in [0.15, 0.2) is 24.3 Å². The molecule has 0 saturated carbocycles. The molecule has 0 aliphatic carbocycles. The van der Waals surface area contributed by atoms with Gasteiger partial charge in [0.2, 0.25) is 0 Å². The number of amides is 1. The number of piperidine rings is 1. The Balaban J connectivity index is 2.05. The molecule has 5 heteroatoms. The molecule has 1 aliphatic heterocycles. The van der Waals surface area contributed by atoms with Gasteiger partial charge < -0.3 is 15.4 Å². The second-order valence-corrected chi connectivity index (χ2v) is 4.23. The fourth-order valence-corrected chi connectivity index (χ4v) is 2.05. The number of nitrogens with one attached hydrogen (secondary N) is 2. The first-order valence-electron chi connectivity index (χ1n) is 6.02. The van der Waals surface area contributed by atoms with Crippen LogP contribution in [0.5, 0.6) is 5.75 Å². The lowest BCUT2D eigenvalue weighted by atomic mass is 10.1. The summed E-state index contributed by atoms with van der Waals surface area (Å²) in [5.74, 6) is 0.0786. The lowest BCUT2D eigenvalue weighted by molar-refractivity contribution is -0.120. The van der Waals surface area contributed by atoms with Crippen molar-refractivity contribution >= 4 is 12.4 Å². The third kappa shape index (κ3) is 3.07. The van der Waals surface area contributed by atoms with Gasteiger partial charge in [0.25, 0.3) is 12.4 Å². The van der Waals surface area contributed by atoms with Crippen molar-refractivity contribution < 1.29 is 14.3 Å². The van der Waals surface area contributed by atoms with Gasteiger partial charge in [-0.25, -0.2) is 0 Å². The quantitative estimate of drug-likeness (QED) is 0.770. The molecule has 96 valence electrons. The first kappa shape index (κ1) is 12.6. The minimum atomic E-state index is -0.207. The smallest absolute Gasteiger partial charge is 0.298 e. The molecule has 0 spiro atoms. The van der Waals surface area contributed by atoms with E-state index in [1.807, 2.05) is 0 Å². The summed E-state index contributed by atoms with van der Waals surface area (Å²) >= 11 is 0. The molecule has 1 atom stereocenters. The Morgan fingerprint density at radius 2 is 2.28 bits per heavy atom. The monoisotopic (exact) mass is 248 g/mol. The molecule has 0 bridgehead atoms. The van der Waals surface area contributed by atoms with Crippen LogP contribution < -0.4 is 15.4 Å². The van der Waals surface area contributed by atoms with Gasteiger partial charge in [0.1, 0.15) is 5.75 Å². The van der Waals surface area contributed by atoms with E-state index in [1.54, 1.807) is 24.3 Å². The number of rotatable bonds is 4. The predicted molar refractivity (Wildman–Crippen MR) is 66.5 cm³/mol. The number of carbonyl (C=O) groups is 2. The van der Waals surface area contributed by atoms with Crippen LogP contribution in [-0.2, 0) is 4.79 Å². The maximum atomic E-state index is 12.1. The Morgan fingerprint density at radius 3 is 3.00 bits per heavy atom. The van der Waals surface area contributed by atoms with Gasteiger partial charge in [0.15, 0.2) is 0 Å². The number of ether oxygens (including phenoxy) is 1. The van der Waals surface area contributed by atoms with Crippen molar-refractivity contribution in [3.05, 3.63) is 29.8 Å². The van der Waals surface area contributed by atoms with Crippen LogP contribution in [0.3, 0.4) is 0 Å². The van der Waals surface area contributed by atoms with Gasteiger partial charge in [-0.1, -0.05) is 12.1 Å². The molecule has 1 heterocycles. The summed E-state index contributed by atoms with van der Waals surface area (Å²) in [7, 11) is 0. The number of para-hydroxylation sites is 1. The van der Waals surface area contributed by atoms with E-state index in [-0.39, 0.29) is 17.7 Å². The Hall–Kier alpha value is -1.88. The van der Waals surface area contributed by atoms with E-state index in [2.05, 4.69) is 10.6 Å². The van der Waals surface area contributed by atoms with E-state index in [1.165, 1.54) is 0 Å². The molecule has 2 rings (SSSR count). The van der Waals surface area contributed by atoms with E-state index >= 15 is 0 Å². The van der Waals surface area contributed by atoms with E-state index < -0.39 is 0 Å². The average Bonchev–Trinajstić information content (AvgIpc) is 2.41. The molecule has 1 amide bonds.